The zero-order valence-corrected chi connectivity index (χ0v) is 65.1. The highest BCUT2D eigenvalue weighted by molar-refractivity contribution is 6.15. The molecular weight excluding hydrogens is 1450 g/mol. The van der Waals surface area contributed by atoms with E-state index in [1.165, 1.54) is 61.0 Å². The molecule has 0 N–H and O–H groups in total. The second-order valence-electron chi connectivity index (χ2n) is 30.5. The predicted octanol–water partition coefficient (Wildman–Crippen LogP) is 28.7. The molecule has 0 unspecified atom stereocenters. The maximum atomic E-state index is 6.16. The van der Waals surface area contributed by atoms with Crippen molar-refractivity contribution in [3.05, 3.63) is 418 Å². The molecule has 22 aromatic rings. The van der Waals surface area contributed by atoms with Gasteiger partial charge in [-0.3, -0.25) is 4.98 Å². The first-order chi connectivity index (χ1) is 58.7. The van der Waals surface area contributed by atoms with Gasteiger partial charge < -0.3 is 8.83 Å². The number of para-hydroxylation sites is 4. The van der Waals surface area contributed by atoms with Crippen LogP contribution in [0.4, 0.5) is 0 Å². The molecule has 1 aliphatic carbocycles. The van der Waals surface area contributed by atoms with E-state index in [1.807, 2.05) is 121 Å². The van der Waals surface area contributed by atoms with Crippen LogP contribution in [-0.4, -0.2) is 34.9 Å². The molecule has 0 atom stereocenters. The summed E-state index contributed by atoms with van der Waals surface area (Å²) in [7, 11) is 0. The van der Waals surface area contributed by atoms with Gasteiger partial charge in [-0.15, -0.1) is 0 Å². The van der Waals surface area contributed by atoms with Gasteiger partial charge in [0.1, 0.15) is 22.3 Å². The molecule has 0 amide bonds. The van der Waals surface area contributed by atoms with E-state index < -0.39 is 0 Å². The molecule has 16 aromatic carbocycles. The molecule has 0 fully saturated rings. The molecule has 0 radical (unpaired) electrons. The Morgan fingerprint density at radius 2 is 0.613 bits per heavy atom. The first-order valence-corrected chi connectivity index (χ1v) is 40.1. The highest BCUT2D eigenvalue weighted by atomic mass is 16.3. The number of pyridine rings is 2. The quantitative estimate of drug-likeness (QED) is 0.125. The van der Waals surface area contributed by atoms with E-state index in [0.29, 0.717) is 17.5 Å². The van der Waals surface area contributed by atoms with E-state index in [9.17, 15) is 0 Å². The number of aromatic nitrogens is 7. The molecule has 6 heterocycles. The van der Waals surface area contributed by atoms with Gasteiger partial charge in [-0.2, -0.15) is 0 Å². The second-order valence-corrected chi connectivity index (χ2v) is 30.5. The van der Waals surface area contributed by atoms with Gasteiger partial charge in [-0.25, -0.2) is 29.9 Å². The van der Waals surface area contributed by atoms with E-state index in [4.69, 9.17) is 38.7 Å². The van der Waals surface area contributed by atoms with Gasteiger partial charge in [0.2, 0.25) is 0 Å². The minimum Gasteiger partial charge on any atom is -0.456 e. The Hall–Kier alpha value is -15.7. The summed E-state index contributed by atoms with van der Waals surface area (Å²) in [6.07, 6.45) is 1.84. The van der Waals surface area contributed by atoms with Crippen LogP contribution in [0.3, 0.4) is 0 Å². The summed E-state index contributed by atoms with van der Waals surface area (Å²) in [5, 5.41) is 7.67. The largest absolute Gasteiger partial charge is 0.456 e. The molecule has 0 aliphatic heterocycles. The first kappa shape index (κ1) is 71.1. The Morgan fingerprint density at radius 1 is 0.227 bits per heavy atom. The van der Waals surface area contributed by atoms with Crippen molar-refractivity contribution in [2.24, 2.45) is 0 Å². The molecule has 0 saturated carbocycles. The Bertz CT molecular complexity index is 7480. The Morgan fingerprint density at radius 3 is 1.15 bits per heavy atom. The fraction of sp³-hybridized carbons (Fsp3) is 0.0273. The van der Waals surface area contributed by atoms with Gasteiger partial charge >= 0.3 is 0 Å². The van der Waals surface area contributed by atoms with Gasteiger partial charge in [0.15, 0.2) is 17.5 Å². The number of nitrogens with zero attached hydrogens (tertiary/aromatic N) is 7. The van der Waals surface area contributed by atoms with Crippen molar-refractivity contribution in [1.29, 1.82) is 0 Å². The summed E-state index contributed by atoms with van der Waals surface area (Å²) >= 11 is 0. The normalized spacial score (nSPS) is 12.0. The standard InChI is InChI=1S/C46H33N3.2C32H20N2O/c1-46(2)39-20-12-11-19-38(39)41-40(46)29-36-17-9-10-18-37(36)42(41)45-48-43(34-25-21-32(22-26-34)30-13-5-3-6-14-30)47-44(49-45)35-27-23-33(24-28-35)31-15-7-4-8-16-31;1-2-9-21(10-3-1)22-17-19-23(20-18-22)31-32(34-27-14-6-5-13-26(27)33-31)25-12-8-16-29-30(25)24-11-4-7-15-28(24)35-29;1-2-8-21(9-3-1)22-15-17-23(18-16-22)32-25-12-7-19-33-27(25)20-28(34-32)24-11-6-14-30-31(24)26-10-4-5-13-29(26)35-30/h3-29H,1-2H3;2*1-20H. The molecule has 119 heavy (non-hydrogen) atoms. The lowest BCUT2D eigenvalue weighted by Crippen LogP contribution is -2.15. The molecule has 0 saturated heterocycles. The number of benzene rings is 16. The fourth-order valence-corrected chi connectivity index (χ4v) is 17.1. The Balaban J connectivity index is 0.000000113. The van der Waals surface area contributed by atoms with E-state index in [1.54, 1.807) is 0 Å². The third kappa shape index (κ3) is 13.3. The average molecular weight is 1520 g/mol. The summed E-state index contributed by atoms with van der Waals surface area (Å²) in [5.74, 6) is 1.98. The Kier molecular flexibility index (Phi) is 18.1. The summed E-state index contributed by atoms with van der Waals surface area (Å²) in [6.45, 7) is 4.64. The number of furan rings is 2. The summed E-state index contributed by atoms with van der Waals surface area (Å²) in [5.41, 5.74) is 31.1. The van der Waals surface area contributed by atoms with E-state index >= 15 is 0 Å². The number of hydrogen-bond donors (Lipinski definition) is 0. The van der Waals surface area contributed by atoms with Crippen LogP contribution < -0.4 is 0 Å². The maximum absolute atomic E-state index is 6.16. The lowest BCUT2D eigenvalue weighted by molar-refractivity contribution is 0.661. The van der Waals surface area contributed by atoms with Gasteiger partial charge in [0.25, 0.3) is 0 Å². The summed E-state index contributed by atoms with van der Waals surface area (Å²) in [6, 6.07) is 139. The van der Waals surface area contributed by atoms with Crippen LogP contribution in [0.25, 0.3) is 211 Å². The van der Waals surface area contributed by atoms with E-state index in [0.717, 1.165) is 144 Å². The molecule has 23 rings (SSSR count). The molecular formula is C110H73N7O2. The topological polar surface area (TPSA) is 117 Å². The fourth-order valence-electron chi connectivity index (χ4n) is 17.1. The molecule has 0 bridgehead atoms. The van der Waals surface area contributed by atoms with Crippen molar-refractivity contribution in [2.75, 3.05) is 0 Å². The van der Waals surface area contributed by atoms with Crippen LogP contribution in [0.2, 0.25) is 0 Å². The number of hydrogen-bond acceptors (Lipinski definition) is 9. The van der Waals surface area contributed by atoms with Gasteiger partial charge in [0.05, 0.1) is 39.3 Å². The predicted molar refractivity (Wildman–Crippen MR) is 488 cm³/mol. The van der Waals surface area contributed by atoms with Crippen LogP contribution in [-0.2, 0) is 5.41 Å². The molecule has 6 aromatic heterocycles. The monoisotopic (exact) mass is 1520 g/mol. The van der Waals surface area contributed by atoms with Gasteiger partial charge in [0, 0.05) is 77.5 Å². The SMILES string of the molecule is CC1(C)c2ccccc2-c2c1cc1ccccc1c2-c1nc(-c2ccc(-c3ccccc3)cc2)nc(-c2ccc(-c3ccccc3)cc2)n1.c1ccc(-c2ccc(-c3nc(-c4cccc5oc6ccccc6c45)cc4ncccc34)cc2)cc1.c1ccc(-c2ccc(-c3nc4ccccc4nc3-c3cccc4oc5ccccc5c34)cc2)cc1. The summed E-state index contributed by atoms with van der Waals surface area (Å²) in [4.78, 5) is 35.8. The van der Waals surface area contributed by atoms with Gasteiger partial charge in [-0.1, -0.05) is 354 Å². The molecule has 9 heteroatoms. The van der Waals surface area contributed by atoms with Crippen LogP contribution >= 0.6 is 0 Å². The first-order valence-electron chi connectivity index (χ1n) is 40.1. The summed E-state index contributed by atoms with van der Waals surface area (Å²) < 4.78 is 12.3. The minimum absolute atomic E-state index is 0.163. The van der Waals surface area contributed by atoms with Crippen molar-refractivity contribution >= 4 is 76.6 Å². The maximum Gasteiger partial charge on any atom is 0.165 e. The van der Waals surface area contributed by atoms with Crippen molar-refractivity contribution in [3.63, 3.8) is 0 Å². The third-order valence-corrected chi connectivity index (χ3v) is 23.0. The molecule has 560 valence electrons. The molecule has 0 spiro atoms. The number of fused-ring (bicyclic) bond motifs is 12. The molecule has 1 aliphatic rings. The lowest BCUT2D eigenvalue weighted by Gasteiger charge is -2.22. The van der Waals surface area contributed by atoms with Crippen LogP contribution in [0, 0.1) is 0 Å². The van der Waals surface area contributed by atoms with Crippen LogP contribution in [0.5, 0.6) is 0 Å². The van der Waals surface area contributed by atoms with Crippen LogP contribution in [0.15, 0.2) is 415 Å². The lowest BCUT2D eigenvalue weighted by atomic mass is 9.81. The van der Waals surface area contributed by atoms with Crippen molar-refractivity contribution in [3.8, 4) is 135 Å². The van der Waals surface area contributed by atoms with Crippen LogP contribution in [0.1, 0.15) is 25.0 Å². The zero-order chi connectivity index (χ0) is 79.3. The molecule has 9 nitrogen and oxygen atoms in total. The number of rotatable bonds is 11. The average Bonchev–Trinajstić information content (AvgIpc) is 1.55. The Labute approximate surface area is 687 Å². The van der Waals surface area contributed by atoms with Crippen molar-refractivity contribution < 1.29 is 8.83 Å². The van der Waals surface area contributed by atoms with E-state index in [2.05, 4.69) is 304 Å². The van der Waals surface area contributed by atoms with Crippen molar-refractivity contribution in [2.45, 2.75) is 19.3 Å². The van der Waals surface area contributed by atoms with Gasteiger partial charge in [-0.05, 0) is 138 Å². The highest BCUT2D eigenvalue weighted by Gasteiger charge is 2.38. The third-order valence-electron chi connectivity index (χ3n) is 23.0. The second kappa shape index (κ2) is 30.2. The zero-order valence-electron chi connectivity index (χ0n) is 65.1. The van der Waals surface area contributed by atoms with E-state index in [-0.39, 0.29) is 5.41 Å². The minimum atomic E-state index is -0.163. The van der Waals surface area contributed by atoms with Crippen molar-refractivity contribution in [1.82, 2.24) is 34.9 Å². The smallest absolute Gasteiger partial charge is 0.165 e. The highest BCUT2D eigenvalue weighted by Crippen LogP contribution is 2.54.